The zero-order valence-corrected chi connectivity index (χ0v) is 48.9. The predicted molar refractivity (Wildman–Crippen MR) is 304 cm³/mol. The third-order valence-electron chi connectivity index (χ3n) is 14.4. The average Bonchev–Trinajstić information content (AvgIpc) is 3.10. The van der Waals surface area contributed by atoms with Crippen molar-refractivity contribution in [1.29, 1.82) is 0 Å². The van der Waals surface area contributed by atoms with E-state index in [-0.39, 0.29) is 14.9 Å². The molecule has 0 heterocycles. The molecule has 0 aromatic carbocycles. The van der Waals surface area contributed by atoms with Gasteiger partial charge in [0, 0.05) is 0 Å². The molecule has 63 heavy (non-hydrogen) atoms. The highest BCUT2D eigenvalue weighted by Gasteiger charge is 2.18. The first-order valence-electron chi connectivity index (χ1n) is 26.4. The fraction of sp³-hybridized carbons (Fsp3) is 0.905. The van der Waals surface area contributed by atoms with Crippen LogP contribution in [0.4, 0.5) is 0 Å². The van der Waals surface area contributed by atoms with E-state index in [2.05, 4.69) is 251 Å². The van der Waals surface area contributed by atoms with Gasteiger partial charge in [-0.2, -0.15) is 0 Å². The molecule has 0 saturated carbocycles. The van der Waals surface area contributed by atoms with Gasteiger partial charge in [0.25, 0.3) is 0 Å². The van der Waals surface area contributed by atoms with Gasteiger partial charge in [0.05, 0.1) is 0 Å². The van der Waals surface area contributed by atoms with Crippen molar-refractivity contribution in [2.75, 3.05) is 0 Å². The van der Waals surface area contributed by atoms with Crippen molar-refractivity contribution in [3.05, 3.63) is 36.5 Å². The van der Waals surface area contributed by atoms with Crippen molar-refractivity contribution in [3.63, 3.8) is 0 Å². The van der Waals surface area contributed by atoms with Crippen molar-refractivity contribution in [3.8, 4) is 0 Å². The van der Waals surface area contributed by atoms with E-state index in [0.29, 0.717) is 51.8 Å². The van der Waals surface area contributed by atoms with Crippen molar-refractivity contribution in [2.45, 2.75) is 268 Å². The Morgan fingerprint density at radius 3 is 0.730 bits per heavy atom. The van der Waals surface area contributed by atoms with E-state index in [1.54, 1.807) is 0 Å². The molecule has 0 nitrogen and oxygen atoms in total. The topological polar surface area (TPSA) is 0 Å². The van der Waals surface area contributed by atoms with Crippen LogP contribution in [0.15, 0.2) is 36.5 Å². The summed E-state index contributed by atoms with van der Waals surface area (Å²) in [7, 11) is 0. The molecule has 0 aliphatic carbocycles. The van der Waals surface area contributed by atoms with Crippen LogP contribution in [0.3, 0.4) is 0 Å². The van der Waals surface area contributed by atoms with Gasteiger partial charge in [-0.3, -0.25) is 0 Å². The number of hydrogen-bond donors (Lipinski definition) is 0. The minimum absolute atomic E-state index is 0. The first-order chi connectivity index (χ1) is 27.3. The maximum atomic E-state index is 2.37. The Hall–Kier alpha value is -0.780. The van der Waals surface area contributed by atoms with E-state index >= 15 is 0 Å². The Morgan fingerprint density at radius 2 is 0.540 bits per heavy atom. The lowest BCUT2D eigenvalue weighted by Crippen LogP contribution is -2.15. The molecule has 0 rings (SSSR count). The summed E-state index contributed by atoms with van der Waals surface area (Å²) in [5.41, 5.74) is 1.32. The molecule has 0 amide bonds. The Labute approximate surface area is 407 Å². The van der Waals surface area contributed by atoms with Gasteiger partial charge in [0.15, 0.2) is 0 Å². The SMILES string of the molecule is C.C.CC(C)CCC[C@@H](C)C(C)C.CC(C)[C@H](C)/C=C/[C@H](C)C(C)(C)C.CC(C)[C@H](C)/C=C/[C@H](C)C(C)(C)C.CC(C)[C@H](C)/C=C/[C@H](C)C(C)C.CC(C)[C@H](C)CCCC(C)(C)C. The summed E-state index contributed by atoms with van der Waals surface area (Å²) in [5, 5.41) is 0. The molecule has 0 N–H and O–H groups in total. The highest BCUT2D eigenvalue weighted by Crippen LogP contribution is 2.29. The molecule has 0 saturated heterocycles. The van der Waals surface area contributed by atoms with E-state index in [4.69, 9.17) is 0 Å². The zero-order valence-electron chi connectivity index (χ0n) is 48.9. The zero-order chi connectivity index (χ0) is 49.6. The van der Waals surface area contributed by atoms with E-state index in [9.17, 15) is 0 Å². The van der Waals surface area contributed by atoms with Gasteiger partial charge >= 0.3 is 0 Å². The first kappa shape index (κ1) is 76.5. The lowest BCUT2D eigenvalue weighted by atomic mass is 9.81. The molecule has 0 radical (unpaired) electrons. The van der Waals surface area contributed by atoms with Crippen LogP contribution < -0.4 is 0 Å². The van der Waals surface area contributed by atoms with Crippen molar-refractivity contribution in [1.82, 2.24) is 0 Å². The van der Waals surface area contributed by atoms with Gasteiger partial charge in [-0.25, -0.2) is 0 Å². The molecule has 0 aromatic heterocycles. The van der Waals surface area contributed by atoms with E-state index in [1.807, 2.05) is 0 Å². The summed E-state index contributed by atoms with van der Waals surface area (Å²) in [6.45, 7) is 71.3. The minimum atomic E-state index is 0. The van der Waals surface area contributed by atoms with Crippen LogP contribution in [0.5, 0.6) is 0 Å². The van der Waals surface area contributed by atoms with Gasteiger partial charge < -0.3 is 0 Å². The Bertz CT molecular complexity index is 963. The second-order valence-corrected chi connectivity index (χ2v) is 26.1. The predicted octanol–water partition coefficient (Wildman–Crippen LogP) is 23.0. The molecule has 0 unspecified atom stereocenters. The van der Waals surface area contributed by atoms with E-state index in [1.165, 1.54) is 38.5 Å². The summed E-state index contributed by atoms with van der Waals surface area (Å²) >= 11 is 0. The number of allylic oxidation sites excluding steroid dienone is 6. The third kappa shape index (κ3) is 53.7. The van der Waals surface area contributed by atoms with Crippen molar-refractivity contribution in [2.24, 2.45) is 105 Å². The van der Waals surface area contributed by atoms with E-state index < -0.39 is 0 Å². The van der Waals surface area contributed by atoms with Gasteiger partial charge in [-0.15, -0.1) is 0 Å². The Morgan fingerprint density at radius 1 is 0.302 bits per heavy atom. The van der Waals surface area contributed by atoms with Crippen LogP contribution >= 0.6 is 0 Å². The lowest BCUT2D eigenvalue weighted by molar-refractivity contribution is 0.312. The van der Waals surface area contributed by atoms with Gasteiger partial charge in [0.2, 0.25) is 0 Å². The van der Waals surface area contributed by atoms with Crippen LogP contribution in [0.1, 0.15) is 268 Å². The number of hydrogen-bond acceptors (Lipinski definition) is 0. The fourth-order valence-electron chi connectivity index (χ4n) is 4.97. The van der Waals surface area contributed by atoms with Crippen LogP contribution in [-0.2, 0) is 0 Å². The standard InChI is InChI=1S/2C13H26.C12H26.C12H24.C11H24.2CH4/c2*1-10(2)11(3)8-9-12(4)13(5,6)7;1-10(2)11(3)8-7-9-12(4,5)6;1-9(2)11(5)7-8-12(6)10(3)4;1-9(2)7-6-8-11(5)10(3)4;;/h2*8-12H,1-7H3;10-11H,7-9H2,1-6H3;7-12H,1-6H3;9-11H,6-8H2,1-5H3;2*1H4/b2*9-8+;;8-7+;;;/t2*11-,12+;11-;11-,12+;11-;;/m111.1../s1. The normalized spacial score (nSPS) is 16.3. The highest BCUT2D eigenvalue weighted by molar-refractivity contribution is 4.96. The third-order valence-corrected chi connectivity index (χ3v) is 14.4. The summed E-state index contributed by atoms with van der Waals surface area (Å²) in [4.78, 5) is 0. The second-order valence-electron chi connectivity index (χ2n) is 26.1. The highest BCUT2D eigenvalue weighted by atomic mass is 14.2. The maximum Gasteiger partial charge on any atom is -0.0213 e. The van der Waals surface area contributed by atoms with Crippen LogP contribution in [0, 0.1) is 105 Å². The van der Waals surface area contributed by atoms with Crippen molar-refractivity contribution >= 4 is 0 Å². The number of rotatable bonds is 19. The van der Waals surface area contributed by atoms with Gasteiger partial charge in [0.1, 0.15) is 0 Å². The van der Waals surface area contributed by atoms with Gasteiger partial charge in [-0.05, 0) is 111 Å². The lowest BCUT2D eigenvalue weighted by Gasteiger charge is -2.24. The maximum absolute atomic E-state index is 2.37. The summed E-state index contributed by atoms with van der Waals surface area (Å²) in [6, 6.07) is 0. The monoisotopic (exact) mass is 891 g/mol. The molecule has 386 valence electrons. The molecule has 0 aliphatic heterocycles. The second kappa shape index (κ2) is 40.3. The molecule has 0 bridgehead atoms. The average molecular weight is 892 g/mol. The smallest absolute Gasteiger partial charge is 0.0213 e. The first-order valence-corrected chi connectivity index (χ1v) is 26.4. The summed E-state index contributed by atoms with van der Waals surface area (Å²) in [6.07, 6.45) is 22.5. The molecule has 0 aliphatic rings. The largest absolute Gasteiger partial charge is 0.0852 e. The molecule has 8 atom stereocenters. The summed E-state index contributed by atoms with van der Waals surface area (Å²) < 4.78 is 0. The molecular formula is C63H134. The van der Waals surface area contributed by atoms with Crippen LogP contribution in [0.25, 0.3) is 0 Å². The molecule has 0 fully saturated rings. The molecule has 0 heteroatoms. The van der Waals surface area contributed by atoms with Crippen LogP contribution in [-0.4, -0.2) is 0 Å². The minimum Gasteiger partial charge on any atom is -0.0852 e. The van der Waals surface area contributed by atoms with Crippen LogP contribution in [0.2, 0.25) is 0 Å². The summed E-state index contributed by atoms with van der Waals surface area (Å²) in [5.74, 6) is 11.6. The molecule has 0 aromatic rings. The molecular weight excluding hydrogens is 757 g/mol. The Kier molecular flexibility index (Phi) is 48.9. The molecule has 0 spiro atoms. The van der Waals surface area contributed by atoms with Gasteiger partial charge in [-0.1, -0.05) is 298 Å². The Balaban J connectivity index is -0.000000124. The fourth-order valence-corrected chi connectivity index (χ4v) is 4.97. The van der Waals surface area contributed by atoms with E-state index in [0.717, 1.165) is 53.3 Å². The quantitative estimate of drug-likeness (QED) is 0.113. The van der Waals surface area contributed by atoms with Crippen molar-refractivity contribution < 1.29 is 0 Å².